The van der Waals surface area contributed by atoms with Crippen LogP contribution in [0.25, 0.3) is 0 Å². The van der Waals surface area contributed by atoms with Gasteiger partial charge in [-0.25, -0.2) is 0 Å². The van der Waals surface area contributed by atoms with Crippen molar-refractivity contribution in [3.05, 3.63) is 82.2 Å². The minimum atomic E-state index is -0.727. The van der Waals surface area contributed by atoms with E-state index in [1.165, 1.54) is 11.1 Å². The first kappa shape index (κ1) is 19.2. The number of H-pyrrole nitrogens is 1. The van der Waals surface area contributed by atoms with Gasteiger partial charge in [0, 0.05) is 30.6 Å². The maximum Gasteiger partial charge on any atom is 0.247 e. The quantitative estimate of drug-likeness (QED) is 0.457. The third-order valence-corrected chi connectivity index (χ3v) is 5.01. The van der Waals surface area contributed by atoms with Gasteiger partial charge in [-0.2, -0.15) is 0 Å². The van der Waals surface area contributed by atoms with E-state index in [9.17, 15) is 9.90 Å². The highest BCUT2D eigenvalue weighted by Gasteiger charge is 2.19. The second-order valence-electron chi connectivity index (χ2n) is 6.84. The molecule has 2 heterocycles. The predicted octanol–water partition coefficient (Wildman–Crippen LogP) is 2.40. The zero-order valence-electron chi connectivity index (χ0n) is 15.4. The lowest BCUT2D eigenvalue weighted by molar-refractivity contribution is 0.182. The number of pyridine rings is 1. The molecule has 1 fully saturated rings. The number of hydrogen-bond acceptors (Lipinski definition) is 5. The summed E-state index contributed by atoms with van der Waals surface area (Å²) in [5.41, 5.74) is 3.37. The van der Waals surface area contributed by atoms with Crippen LogP contribution in [0.1, 0.15) is 37.2 Å². The molecule has 1 unspecified atom stereocenters. The molecule has 1 aromatic rings. The van der Waals surface area contributed by atoms with E-state index in [0.717, 1.165) is 43.6 Å². The van der Waals surface area contributed by atoms with Crippen LogP contribution in [0.15, 0.2) is 71.0 Å². The summed E-state index contributed by atoms with van der Waals surface area (Å²) >= 11 is 0. The number of nitrogens with one attached hydrogen (secondary N) is 3. The van der Waals surface area contributed by atoms with Gasteiger partial charge in [0.15, 0.2) is 0 Å². The first-order chi connectivity index (χ1) is 13.2. The molecule has 1 aromatic heterocycles. The van der Waals surface area contributed by atoms with Gasteiger partial charge >= 0.3 is 0 Å². The number of aliphatic hydroxyl groups is 1. The van der Waals surface area contributed by atoms with Crippen molar-refractivity contribution in [1.29, 1.82) is 0 Å². The van der Waals surface area contributed by atoms with Gasteiger partial charge in [0.2, 0.25) is 5.56 Å². The Labute approximate surface area is 159 Å². The molecule has 2 aliphatic rings. The Morgan fingerprint density at radius 2 is 2.15 bits per heavy atom. The Bertz CT molecular complexity index is 777. The molecule has 0 radical (unpaired) electrons. The van der Waals surface area contributed by atoms with Crippen molar-refractivity contribution >= 4 is 0 Å². The molecular weight excluding hydrogens is 342 g/mol. The number of hydrogen-bond donors (Lipinski definition) is 4. The minimum Gasteiger partial charge on any atom is -0.478 e. The third kappa shape index (κ3) is 5.45. The van der Waals surface area contributed by atoms with Crippen molar-refractivity contribution < 1.29 is 9.84 Å². The third-order valence-electron chi connectivity index (χ3n) is 5.01. The average Bonchev–Trinajstić information content (AvgIpc) is 2.69. The lowest BCUT2D eigenvalue weighted by Gasteiger charge is -2.24. The first-order valence-electron chi connectivity index (χ1n) is 9.33. The fraction of sp³-hybridized carbons (Fsp3) is 0.381. The predicted molar refractivity (Wildman–Crippen MR) is 106 cm³/mol. The van der Waals surface area contributed by atoms with Crippen LogP contribution in [0.5, 0.6) is 0 Å². The Morgan fingerprint density at radius 1 is 1.33 bits per heavy atom. The van der Waals surface area contributed by atoms with E-state index in [0.29, 0.717) is 12.6 Å². The van der Waals surface area contributed by atoms with Gasteiger partial charge < -0.3 is 20.1 Å². The zero-order valence-corrected chi connectivity index (χ0v) is 15.4. The molecule has 1 aliphatic carbocycles. The number of allylic oxidation sites excluding steroid dienone is 2. The zero-order chi connectivity index (χ0) is 19.1. The molecule has 1 atom stereocenters. The number of aromatic nitrogens is 1. The molecule has 0 aromatic carbocycles. The fourth-order valence-corrected chi connectivity index (χ4v) is 3.48. The highest BCUT2D eigenvalue weighted by molar-refractivity contribution is 5.30. The summed E-state index contributed by atoms with van der Waals surface area (Å²) in [5.74, 6) is 1.22. The van der Waals surface area contributed by atoms with Crippen molar-refractivity contribution in [2.45, 2.75) is 37.8 Å². The molecule has 4 N–H and O–H groups in total. The lowest BCUT2D eigenvalue weighted by Crippen LogP contribution is -2.26. The van der Waals surface area contributed by atoms with E-state index in [4.69, 9.17) is 4.74 Å². The topological polar surface area (TPSA) is 86.4 Å². The van der Waals surface area contributed by atoms with Crippen LogP contribution in [-0.4, -0.2) is 29.6 Å². The Balaban J connectivity index is 1.50. The van der Waals surface area contributed by atoms with Crippen molar-refractivity contribution in [3.8, 4) is 0 Å². The fourth-order valence-electron chi connectivity index (χ4n) is 3.48. The van der Waals surface area contributed by atoms with Gasteiger partial charge in [0.1, 0.15) is 18.7 Å². The second kappa shape index (κ2) is 9.39. The lowest BCUT2D eigenvalue weighted by atomic mass is 9.82. The summed E-state index contributed by atoms with van der Waals surface area (Å²) in [6.07, 6.45) is 12.2. The van der Waals surface area contributed by atoms with Gasteiger partial charge in [0.25, 0.3) is 0 Å². The normalized spacial score (nSPS) is 21.7. The van der Waals surface area contributed by atoms with E-state index >= 15 is 0 Å². The SMILES string of the molecule is C=CC1=C(/C=C/NC(O)C=C2CCC(c3ccc(=O)[nH]c3)CC2)OCNC1. The summed E-state index contributed by atoms with van der Waals surface area (Å²) in [6, 6.07) is 3.49. The molecule has 6 nitrogen and oxygen atoms in total. The van der Waals surface area contributed by atoms with Crippen molar-refractivity contribution in [3.63, 3.8) is 0 Å². The van der Waals surface area contributed by atoms with Gasteiger partial charge in [0.05, 0.1) is 0 Å². The highest BCUT2D eigenvalue weighted by atomic mass is 16.5. The smallest absolute Gasteiger partial charge is 0.247 e. The van der Waals surface area contributed by atoms with Crippen LogP contribution < -0.4 is 16.2 Å². The van der Waals surface area contributed by atoms with Crippen LogP contribution in [-0.2, 0) is 4.74 Å². The first-order valence-corrected chi connectivity index (χ1v) is 9.33. The molecule has 0 bridgehead atoms. The Kier molecular flexibility index (Phi) is 6.68. The largest absolute Gasteiger partial charge is 0.478 e. The maximum absolute atomic E-state index is 11.2. The Morgan fingerprint density at radius 3 is 2.85 bits per heavy atom. The minimum absolute atomic E-state index is 0.0664. The van der Waals surface area contributed by atoms with Crippen LogP contribution in [0, 0.1) is 0 Å². The summed E-state index contributed by atoms with van der Waals surface area (Å²) in [7, 11) is 0. The van der Waals surface area contributed by atoms with Crippen LogP contribution in [0.2, 0.25) is 0 Å². The van der Waals surface area contributed by atoms with Crippen LogP contribution in [0.3, 0.4) is 0 Å². The van der Waals surface area contributed by atoms with E-state index in [1.54, 1.807) is 18.3 Å². The summed E-state index contributed by atoms with van der Waals surface area (Å²) in [4.78, 5) is 13.9. The number of ether oxygens (including phenoxy) is 1. The molecule has 0 amide bonds. The standard InChI is InChI=1S/C21H27N3O3/c1-2-16-12-22-14-27-19(16)9-10-23-21(26)11-15-3-5-17(6-4-15)18-7-8-20(25)24-13-18/h2,7-11,13,17,21-23,26H,1,3-6,12,14H2,(H,24,25)/b10-9+,15-11?. The highest BCUT2D eigenvalue weighted by Crippen LogP contribution is 2.34. The molecule has 0 saturated heterocycles. The summed E-state index contributed by atoms with van der Waals surface area (Å²) in [6.45, 7) is 4.98. The molecular formula is C21H27N3O3. The van der Waals surface area contributed by atoms with Crippen molar-refractivity contribution in [1.82, 2.24) is 15.6 Å². The van der Waals surface area contributed by atoms with E-state index in [1.807, 2.05) is 24.4 Å². The van der Waals surface area contributed by atoms with Crippen LogP contribution >= 0.6 is 0 Å². The molecule has 0 spiro atoms. The van der Waals surface area contributed by atoms with E-state index in [-0.39, 0.29) is 5.56 Å². The van der Waals surface area contributed by atoms with Gasteiger partial charge in [-0.15, -0.1) is 0 Å². The average molecular weight is 369 g/mol. The number of rotatable bonds is 6. The summed E-state index contributed by atoms with van der Waals surface area (Å²) in [5, 5.41) is 16.3. The maximum atomic E-state index is 11.2. The van der Waals surface area contributed by atoms with Crippen molar-refractivity contribution in [2.24, 2.45) is 0 Å². The van der Waals surface area contributed by atoms with Gasteiger partial charge in [-0.1, -0.05) is 24.3 Å². The molecule has 1 saturated carbocycles. The molecule has 3 rings (SSSR count). The van der Waals surface area contributed by atoms with Crippen molar-refractivity contribution in [2.75, 3.05) is 13.3 Å². The molecule has 144 valence electrons. The van der Waals surface area contributed by atoms with E-state index in [2.05, 4.69) is 22.2 Å². The number of aliphatic hydroxyl groups excluding tert-OH is 1. The molecule has 1 aliphatic heterocycles. The molecule has 27 heavy (non-hydrogen) atoms. The monoisotopic (exact) mass is 369 g/mol. The van der Waals surface area contributed by atoms with Gasteiger partial charge in [-0.3, -0.25) is 10.1 Å². The second-order valence-corrected chi connectivity index (χ2v) is 6.84. The van der Waals surface area contributed by atoms with Gasteiger partial charge in [-0.05, 0) is 49.3 Å². The molecule has 6 heteroatoms. The summed E-state index contributed by atoms with van der Waals surface area (Å²) < 4.78 is 5.53. The van der Waals surface area contributed by atoms with Crippen LogP contribution in [0.4, 0.5) is 0 Å². The van der Waals surface area contributed by atoms with E-state index < -0.39 is 6.23 Å². The Hall–Kier alpha value is -2.57. The number of aromatic amines is 1.